The van der Waals surface area contributed by atoms with Crippen LogP contribution in [-0.2, 0) is 16.1 Å². The summed E-state index contributed by atoms with van der Waals surface area (Å²) in [6, 6.07) is 15.5. The van der Waals surface area contributed by atoms with E-state index >= 15 is 0 Å². The summed E-state index contributed by atoms with van der Waals surface area (Å²) in [6.07, 6.45) is -0.181. The van der Waals surface area contributed by atoms with Gasteiger partial charge in [0, 0.05) is 13.0 Å². The summed E-state index contributed by atoms with van der Waals surface area (Å²) in [4.78, 5) is 22.0. The van der Waals surface area contributed by atoms with Gasteiger partial charge in [0.15, 0.2) is 0 Å². The highest BCUT2D eigenvalue weighted by atomic mass is 16.5. The van der Waals surface area contributed by atoms with Crippen molar-refractivity contribution in [3.8, 4) is 11.5 Å². The van der Waals surface area contributed by atoms with Gasteiger partial charge in [-0.15, -0.1) is 0 Å². The molecule has 0 bridgehead atoms. The van der Waals surface area contributed by atoms with E-state index in [0.717, 1.165) is 17.1 Å². The Morgan fingerprint density at radius 1 is 0.893 bits per heavy atom. The van der Waals surface area contributed by atoms with E-state index in [1.807, 2.05) is 36.4 Å². The van der Waals surface area contributed by atoms with Gasteiger partial charge in [0.25, 0.3) is 0 Å². The molecule has 0 spiro atoms. The highest BCUT2D eigenvalue weighted by Gasteiger charge is 2.05. The molecule has 0 aliphatic heterocycles. The van der Waals surface area contributed by atoms with E-state index in [0.29, 0.717) is 25.7 Å². The molecule has 0 atom stereocenters. The van der Waals surface area contributed by atoms with E-state index in [-0.39, 0.29) is 18.7 Å². The Balaban J connectivity index is 1.66. The Morgan fingerprint density at radius 3 is 1.93 bits per heavy atom. The zero-order chi connectivity index (χ0) is 20.4. The van der Waals surface area contributed by atoms with Crippen LogP contribution in [0.15, 0.2) is 48.5 Å². The average Bonchev–Trinajstić information content (AvgIpc) is 2.69. The molecule has 0 aromatic heterocycles. The van der Waals surface area contributed by atoms with Crippen molar-refractivity contribution in [1.82, 2.24) is 5.32 Å². The first-order valence-corrected chi connectivity index (χ1v) is 9.37. The van der Waals surface area contributed by atoms with Gasteiger partial charge in [0.05, 0.1) is 6.42 Å². The lowest BCUT2D eigenvalue weighted by Crippen LogP contribution is -2.23. The number of carboxylic acid groups (broad SMARTS) is 1. The summed E-state index contributed by atoms with van der Waals surface area (Å²) in [5.74, 6) is 0.787. The summed E-state index contributed by atoms with van der Waals surface area (Å²) in [6.45, 7) is 5.54. The Kier molecular flexibility index (Phi) is 8.34. The lowest BCUT2D eigenvalue weighted by atomic mass is 10.0. The topological polar surface area (TPSA) is 84.9 Å². The molecular formula is C22H27NO5. The van der Waals surface area contributed by atoms with Crippen LogP contribution in [-0.4, -0.2) is 30.2 Å². The maximum Gasteiger partial charge on any atom is 0.303 e. The molecule has 2 aromatic rings. The molecule has 0 fully saturated rings. The number of nitrogens with one attached hydrogen (secondary N) is 1. The van der Waals surface area contributed by atoms with E-state index in [1.165, 1.54) is 5.56 Å². The van der Waals surface area contributed by atoms with Crippen LogP contribution >= 0.6 is 0 Å². The lowest BCUT2D eigenvalue weighted by Gasteiger charge is -2.10. The number of carboxylic acids is 1. The number of hydrogen-bond donors (Lipinski definition) is 2. The summed E-state index contributed by atoms with van der Waals surface area (Å²) in [5, 5.41) is 11.3. The van der Waals surface area contributed by atoms with Crippen molar-refractivity contribution < 1.29 is 24.2 Å². The smallest absolute Gasteiger partial charge is 0.303 e. The number of rotatable bonds is 11. The summed E-state index contributed by atoms with van der Waals surface area (Å²) in [5.41, 5.74) is 2.19. The van der Waals surface area contributed by atoms with Crippen molar-refractivity contribution in [2.24, 2.45) is 0 Å². The van der Waals surface area contributed by atoms with Gasteiger partial charge in [0.2, 0.25) is 5.91 Å². The number of carbonyl (C=O) groups is 2. The summed E-state index contributed by atoms with van der Waals surface area (Å²) in [7, 11) is 0. The van der Waals surface area contributed by atoms with Crippen molar-refractivity contribution in [2.75, 3.05) is 13.2 Å². The predicted molar refractivity (Wildman–Crippen MR) is 107 cm³/mol. The van der Waals surface area contributed by atoms with Crippen LogP contribution in [0.4, 0.5) is 0 Å². The number of aliphatic carboxylic acids is 1. The highest BCUT2D eigenvalue weighted by Crippen LogP contribution is 2.18. The largest absolute Gasteiger partial charge is 0.490 e. The number of carbonyl (C=O) groups excluding carboxylic acids is 1. The zero-order valence-electron chi connectivity index (χ0n) is 16.3. The monoisotopic (exact) mass is 385 g/mol. The molecule has 0 radical (unpaired) electrons. The van der Waals surface area contributed by atoms with E-state index < -0.39 is 5.97 Å². The molecular weight excluding hydrogens is 358 g/mol. The van der Waals surface area contributed by atoms with Gasteiger partial charge >= 0.3 is 5.97 Å². The van der Waals surface area contributed by atoms with E-state index in [9.17, 15) is 9.59 Å². The molecule has 0 aliphatic rings. The van der Waals surface area contributed by atoms with Gasteiger partial charge in [-0.3, -0.25) is 9.59 Å². The Hall–Kier alpha value is -3.02. The third-order valence-electron chi connectivity index (χ3n) is 4.15. The normalized spacial score (nSPS) is 10.5. The zero-order valence-corrected chi connectivity index (χ0v) is 16.3. The average molecular weight is 385 g/mol. The molecule has 28 heavy (non-hydrogen) atoms. The van der Waals surface area contributed by atoms with E-state index in [1.54, 1.807) is 0 Å². The Labute approximate surface area is 165 Å². The number of ether oxygens (including phenoxy) is 2. The minimum Gasteiger partial charge on any atom is -0.490 e. The fraction of sp³-hybridized carbons (Fsp3) is 0.364. The van der Waals surface area contributed by atoms with Gasteiger partial charge in [-0.05, 0) is 41.3 Å². The SMILES string of the molecule is CC(C)c1ccc(OCCOc2ccc(CNC(=O)CCC(=O)O)cc2)cc1. The molecule has 0 saturated heterocycles. The van der Waals surface area contributed by atoms with Crippen molar-refractivity contribution in [3.63, 3.8) is 0 Å². The number of amides is 1. The van der Waals surface area contributed by atoms with Crippen molar-refractivity contribution in [2.45, 2.75) is 39.2 Å². The molecule has 0 heterocycles. The van der Waals surface area contributed by atoms with Crippen molar-refractivity contribution >= 4 is 11.9 Å². The van der Waals surface area contributed by atoms with Crippen LogP contribution in [0.25, 0.3) is 0 Å². The molecule has 2 N–H and O–H groups in total. The predicted octanol–water partition coefficient (Wildman–Crippen LogP) is 3.75. The van der Waals surface area contributed by atoms with Crippen LogP contribution in [0.2, 0.25) is 0 Å². The second-order valence-corrected chi connectivity index (χ2v) is 6.74. The van der Waals surface area contributed by atoms with Crippen LogP contribution in [0.1, 0.15) is 43.7 Å². The highest BCUT2D eigenvalue weighted by molar-refractivity contribution is 5.80. The van der Waals surface area contributed by atoms with Gasteiger partial charge < -0.3 is 19.9 Å². The maximum absolute atomic E-state index is 11.5. The molecule has 0 aliphatic carbocycles. The fourth-order valence-corrected chi connectivity index (χ4v) is 2.48. The fourth-order valence-electron chi connectivity index (χ4n) is 2.48. The van der Waals surface area contributed by atoms with Gasteiger partial charge in [-0.1, -0.05) is 38.1 Å². The molecule has 0 unspecified atom stereocenters. The van der Waals surface area contributed by atoms with Crippen molar-refractivity contribution in [1.29, 1.82) is 0 Å². The first kappa shape index (κ1) is 21.3. The molecule has 2 aromatic carbocycles. The minimum atomic E-state index is -0.979. The van der Waals surface area contributed by atoms with Crippen LogP contribution in [0.5, 0.6) is 11.5 Å². The quantitative estimate of drug-likeness (QED) is 0.576. The summed E-state index contributed by atoms with van der Waals surface area (Å²) < 4.78 is 11.3. The Bertz CT molecular complexity index is 754. The Morgan fingerprint density at radius 2 is 1.43 bits per heavy atom. The molecule has 0 saturated carbocycles. The van der Waals surface area contributed by atoms with Crippen LogP contribution < -0.4 is 14.8 Å². The number of hydrogen-bond acceptors (Lipinski definition) is 4. The van der Waals surface area contributed by atoms with Crippen molar-refractivity contribution in [3.05, 3.63) is 59.7 Å². The number of benzene rings is 2. The first-order chi connectivity index (χ1) is 13.4. The second-order valence-electron chi connectivity index (χ2n) is 6.74. The van der Waals surface area contributed by atoms with Crippen LogP contribution in [0.3, 0.4) is 0 Å². The lowest BCUT2D eigenvalue weighted by molar-refractivity contribution is -0.138. The molecule has 6 nitrogen and oxygen atoms in total. The molecule has 150 valence electrons. The first-order valence-electron chi connectivity index (χ1n) is 9.37. The standard InChI is InChI=1S/C22H27NO5/c1-16(2)18-5-9-20(10-6-18)28-14-13-27-19-7-3-17(4-8-19)15-23-21(24)11-12-22(25)26/h3-10,16H,11-15H2,1-2H3,(H,23,24)(H,25,26). The van der Waals surface area contributed by atoms with E-state index in [2.05, 4.69) is 31.3 Å². The minimum absolute atomic E-state index is 0.0171. The molecule has 1 amide bonds. The second kappa shape index (κ2) is 11.0. The van der Waals surface area contributed by atoms with E-state index in [4.69, 9.17) is 14.6 Å². The van der Waals surface area contributed by atoms with Gasteiger partial charge in [0.1, 0.15) is 24.7 Å². The van der Waals surface area contributed by atoms with Crippen LogP contribution in [0, 0.1) is 0 Å². The molecule has 6 heteroatoms. The summed E-state index contributed by atoms with van der Waals surface area (Å²) >= 11 is 0. The third-order valence-corrected chi connectivity index (χ3v) is 4.15. The van der Waals surface area contributed by atoms with Gasteiger partial charge in [-0.25, -0.2) is 0 Å². The van der Waals surface area contributed by atoms with Gasteiger partial charge in [-0.2, -0.15) is 0 Å². The molecule has 2 rings (SSSR count). The maximum atomic E-state index is 11.5. The third kappa shape index (κ3) is 7.70.